The van der Waals surface area contributed by atoms with Gasteiger partial charge in [0.25, 0.3) is 0 Å². The molecule has 1 N–H and O–H groups in total. The topological polar surface area (TPSA) is 29.1 Å². The van der Waals surface area contributed by atoms with E-state index in [4.69, 9.17) is 7.74 Å². The highest BCUT2D eigenvalue weighted by molar-refractivity contribution is 6.92. The van der Waals surface area contributed by atoms with Crippen molar-refractivity contribution in [3.63, 3.8) is 0 Å². The maximum absolute atomic E-state index is 10.7. The second-order valence-electron chi connectivity index (χ2n) is 2.60. The van der Waals surface area contributed by atoms with Gasteiger partial charge in [-0.3, -0.25) is 4.79 Å². The average molecular weight is 136 g/mol. The summed E-state index contributed by atoms with van der Waals surface area (Å²) in [6, 6.07) is 0.286. The number of ketones is 1. The Morgan fingerprint density at radius 2 is 2.10 bits per heavy atom. The van der Waals surface area contributed by atoms with Crippen molar-refractivity contribution in [1.82, 2.24) is 5.32 Å². The first kappa shape index (κ1) is 9.76. The van der Waals surface area contributed by atoms with Gasteiger partial charge >= 0.3 is 0 Å². The Morgan fingerprint density at radius 1 is 1.60 bits per heavy atom. The lowest BCUT2D eigenvalue weighted by Crippen LogP contribution is -2.44. The molecule has 3 radical (unpaired) electrons. The Balaban J connectivity index is 3.72. The summed E-state index contributed by atoms with van der Waals surface area (Å²) in [7, 11) is 6.59. The van der Waals surface area contributed by atoms with Gasteiger partial charge in [0, 0.05) is 19.7 Å². The second kappa shape index (κ2) is 4.56. The van der Waals surface area contributed by atoms with E-state index in [0.717, 1.165) is 0 Å². The number of nitrogens with one attached hydrogen (secondary N) is 1. The van der Waals surface area contributed by atoms with E-state index in [9.17, 15) is 4.79 Å². The van der Waals surface area contributed by atoms with Crippen molar-refractivity contribution in [2.75, 3.05) is 0 Å². The molecular formula is C6H12B2NO. The lowest BCUT2D eigenvalue weighted by atomic mass is 9.49. The van der Waals surface area contributed by atoms with E-state index in [2.05, 4.69) is 5.32 Å². The third kappa shape index (κ3) is 3.72. The second-order valence-corrected chi connectivity index (χ2v) is 2.60. The van der Waals surface area contributed by atoms with E-state index in [0.29, 0.717) is 0 Å². The standard InChI is InChI=1S/C6H12B2NO/c1-4(2)9-6(8-7)5(3)10/h4,6,9H,1-3H3. The summed E-state index contributed by atoms with van der Waals surface area (Å²) in [5.74, 6) is -0.240. The van der Waals surface area contributed by atoms with Crippen LogP contribution >= 0.6 is 0 Å². The molecule has 0 aliphatic heterocycles. The van der Waals surface area contributed by atoms with Crippen LogP contribution in [0.5, 0.6) is 0 Å². The number of carbonyl (C=O) groups is 1. The van der Waals surface area contributed by atoms with Crippen molar-refractivity contribution in [3.8, 4) is 0 Å². The smallest absolute Gasteiger partial charge is 0.137 e. The van der Waals surface area contributed by atoms with Crippen LogP contribution in [-0.2, 0) is 4.79 Å². The third-order valence-corrected chi connectivity index (χ3v) is 1.14. The van der Waals surface area contributed by atoms with Crippen LogP contribution in [0.3, 0.4) is 0 Å². The minimum atomic E-state index is -0.292. The number of carbonyl (C=O) groups excluding carboxylic acids is 1. The molecule has 0 aromatic rings. The Kier molecular flexibility index (Phi) is 4.45. The van der Waals surface area contributed by atoms with Crippen molar-refractivity contribution in [1.29, 1.82) is 0 Å². The molecule has 0 bridgehead atoms. The molecule has 0 saturated heterocycles. The maximum Gasteiger partial charge on any atom is 0.137 e. The molecule has 0 spiro atoms. The van der Waals surface area contributed by atoms with Gasteiger partial charge in [0.2, 0.25) is 0 Å². The van der Waals surface area contributed by atoms with Gasteiger partial charge < -0.3 is 5.32 Å². The molecule has 1 atom stereocenters. The first-order valence-electron chi connectivity index (χ1n) is 3.39. The minimum Gasteiger partial charge on any atom is -0.313 e. The molecule has 0 aromatic carbocycles. The van der Waals surface area contributed by atoms with E-state index < -0.39 is 0 Å². The van der Waals surface area contributed by atoms with E-state index >= 15 is 0 Å². The molecular weight excluding hydrogens is 124 g/mol. The molecule has 0 amide bonds. The molecule has 2 nitrogen and oxygen atoms in total. The number of hydrogen-bond donors (Lipinski definition) is 1. The normalized spacial score (nSPS) is 13.2. The number of rotatable bonds is 4. The summed E-state index contributed by atoms with van der Waals surface area (Å²) >= 11 is 0. The summed E-state index contributed by atoms with van der Waals surface area (Å²) in [6.07, 6.45) is 0. The van der Waals surface area contributed by atoms with Crippen LogP contribution in [0.15, 0.2) is 0 Å². The minimum absolute atomic E-state index is 0.0520. The molecule has 0 aliphatic carbocycles. The predicted octanol–water partition coefficient (Wildman–Crippen LogP) is -0.313. The van der Waals surface area contributed by atoms with Gasteiger partial charge in [0.15, 0.2) is 0 Å². The van der Waals surface area contributed by atoms with Crippen molar-refractivity contribution < 1.29 is 4.79 Å². The highest BCUT2D eigenvalue weighted by atomic mass is 16.1. The van der Waals surface area contributed by atoms with Crippen LogP contribution < -0.4 is 5.32 Å². The van der Waals surface area contributed by atoms with E-state index in [1.165, 1.54) is 14.1 Å². The van der Waals surface area contributed by atoms with Crippen LogP contribution in [-0.4, -0.2) is 32.7 Å². The molecule has 1 unspecified atom stereocenters. The average Bonchev–Trinajstić information content (AvgIpc) is 1.81. The van der Waals surface area contributed by atoms with Gasteiger partial charge in [-0.2, -0.15) is 0 Å². The highest BCUT2D eigenvalue weighted by Gasteiger charge is 2.10. The number of Topliss-reactive ketones (excluding diaryl/α,β-unsaturated/α-hetero) is 1. The molecule has 0 fully saturated rings. The van der Waals surface area contributed by atoms with Crippen LogP contribution in [0.25, 0.3) is 0 Å². The van der Waals surface area contributed by atoms with Crippen LogP contribution in [0.1, 0.15) is 20.8 Å². The van der Waals surface area contributed by atoms with Gasteiger partial charge in [-0.25, -0.2) is 0 Å². The molecule has 0 aliphatic rings. The largest absolute Gasteiger partial charge is 0.313 e. The van der Waals surface area contributed by atoms with Crippen LogP contribution in [0, 0.1) is 0 Å². The van der Waals surface area contributed by atoms with Crippen molar-refractivity contribution in [2.45, 2.75) is 32.8 Å². The molecule has 0 heterocycles. The van der Waals surface area contributed by atoms with E-state index in [1.807, 2.05) is 13.8 Å². The Labute approximate surface area is 64.4 Å². The van der Waals surface area contributed by atoms with Gasteiger partial charge in [-0.15, -0.1) is 0 Å². The van der Waals surface area contributed by atoms with E-state index in [-0.39, 0.29) is 17.8 Å². The summed E-state index contributed by atoms with van der Waals surface area (Å²) < 4.78 is 0. The van der Waals surface area contributed by atoms with Crippen molar-refractivity contribution >= 4 is 20.7 Å². The zero-order chi connectivity index (χ0) is 8.15. The highest BCUT2D eigenvalue weighted by Crippen LogP contribution is 1.85. The lowest BCUT2D eigenvalue weighted by Gasteiger charge is -2.16. The Bertz CT molecular complexity index is 116. The first-order valence-corrected chi connectivity index (χ1v) is 3.39. The molecule has 53 valence electrons. The fourth-order valence-electron chi connectivity index (χ4n) is 0.668. The van der Waals surface area contributed by atoms with Gasteiger partial charge in [-0.1, -0.05) is 13.8 Å². The number of hydrogen-bond acceptors (Lipinski definition) is 2. The quantitative estimate of drug-likeness (QED) is 0.536. The molecule has 0 rings (SSSR count). The van der Waals surface area contributed by atoms with Crippen molar-refractivity contribution in [2.24, 2.45) is 0 Å². The zero-order valence-electron chi connectivity index (χ0n) is 6.72. The zero-order valence-corrected chi connectivity index (χ0v) is 6.72. The van der Waals surface area contributed by atoms with Crippen LogP contribution in [0.4, 0.5) is 0 Å². The first-order chi connectivity index (χ1) is 4.57. The van der Waals surface area contributed by atoms with E-state index in [1.54, 1.807) is 0 Å². The Hall–Kier alpha value is -0.240. The fourth-order valence-corrected chi connectivity index (χ4v) is 0.668. The van der Waals surface area contributed by atoms with Gasteiger partial charge in [0.1, 0.15) is 5.78 Å². The van der Waals surface area contributed by atoms with Gasteiger partial charge in [0.05, 0.1) is 7.17 Å². The molecule has 0 saturated carbocycles. The summed E-state index contributed by atoms with van der Waals surface area (Å²) in [6.45, 7) is 5.46. The maximum atomic E-state index is 10.7. The summed E-state index contributed by atoms with van der Waals surface area (Å²) in [4.78, 5) is 10.7. The summed E-state index contributed by atoms with van der Waals surface area (Å²) in [5.41, 5.74) is 0. The SMILES string of the molecule is [B][B]C(NC(C)C)C(C)=O. The Morgan fingerprint density at radius 3 is 2.20 bits per heavy atom. The predicted molar refractivity (Wildman–Crippen MR) is 44.2 cm³/mol. The monoisotopic (exact) mass is 136 g/mol. The third-order valence-electron chi connectivity index (χ3n) is 1.14. The van der Waals surface area contributed by atoms with Crippen LogP contribution in [0.2, 0.25) is 0 Å². The molecule has 0 aromatic heterocycles. The molecule has 10 heavy (non-hydrogen) atoms. The van der Waals surface area contributed by atoms with Crippen molar-refractivity contribution in [3.05, 3.63) is 0 Å². The molecule has 4 heteroatoms. The fraction of sp³-hybridized carbons (Fsp3) is 0.833. The lowest BCUT2D eigenvalue weighted by molar-refractivity contribution is -0.117. The van der Waals surface area contributed by atoms with Gasteiger partial charge in [-0.05, 0) is 6.92 Å². The summed E-state index contributed by atoms with van der Waals surface area (Å²) in [5, 5.41) is 3.00.